The van der Waals surface area contributed by atoms with Crippen LogP contribution in [0.2, 0.25) is 0 Å². The first kappa shape index (κ1) is 17.0. The molecule has 148 valence electrons. The van der Waals surface area contributed by atoms with Crippen LogP contribution in [0.5, 0.6) is 0 Å². The Morgan fingerprint density at radius 2 is 1.93 bits per heavy atom. The number of hydrogen-bond acceptors (Lipinski definition) is 3. The van der Waals surface area contributed by atoms with E-state index < -0.39 is 5.60 Å². The molecule has 4 bridgehead atoms. The smallest absolute Gasteiger partial charge is 0.232 e. The Labute approximate surface area is 165 Å². The van der Waals surface area contributed by atoms with Crippen LogP contribution in [0.1, 0.15) is 75.0 Å². The predicted octanol–water partition coefficient (Wildman–Crippen LogP) is 3.46. The van der Waals surface area contributed by atoms with Crippen molar-refractivity contribution in [2.45, 2.75) is 81.4 Å². The first-order chi connectivity index (χ1) is 13.4. The van der Waals surface area contributed by atoms with Crippen molar-refractivity contribution in [2.24, 2.45) is 13.0 Å². The van der Waals surface area contributed by atoms with Crippen molar-refractivity contribution >= 4 is 16.8 Å². The van der Waals surface area contributed by atoms with Crippen molar-refractivity contribution in [1.82, 2.24) is 14.7 Å². The summed E-state index contributed by atoms with van der Waals surface area (Å²) >= 11 is 0. The topological polar surface area (TPSA) is 58.4 Å². The Balaban J connectivity index is 1.38. The minimum absolute atomic E-state index is 0.211. The van der Waals surface area contributed by atoms with E-state index in [2.05, 4.69) is 23.1 Å². The van der Waals surface area contributed by atoms with Crippen molar-refractivity contribution in [3.05, 3.63) is 29.5 Å². The molecule has 0 spiro atoms. The van der Waals surface area contributed by atoms with Gasteiger partial charge in [0.2, 0.25) is 5.91 Å². The van der Waals surface area contributed by atoms with E-state index in [9.17, 15) is 9.90 Å². The monoisotopic (exact) mass is 379 g/mol. The number of hydrogen-bond donors (Lipinski definition) is 1. The number of amides is 1. The SMILES string of the molecule is CC(C(=O)N1C2CC3CC1CC(O)(C3)C2)c1nn(C)c2cccc(C3CC3)c12. The van der Waals surface area contributed by atoms with Gasteiger partial charge in [-0.2, -0.15) is 5.10 Å². The van der Waals surface area contributed by atoms with Gasteiger partial charge in [-0.25, -0.2) is 0 Å². The minimum Gasteiger partial charge on any atom is -0.390 e. The van der Waals surface area contributed by atoms with Crippen molar-refractivity contribution in [3.8, 4) is 0 Å². The van der Waals surface area contributed by atoms with Crippen molar-refractivity contribution in [1.29, 1.82) is 0 Å². The van der Waals surface area contributed by atoms with E-state index in [0.29, 0.717) is 11.8 Å². The van der Waals surface area contributed by atoms with E-state index in [4.69, 9.17) is 5.10 Å². The fourth-order valence-corrected chi connectivity index (χ4v) is 6.70. The molecule has 2 saturated heterocycles. The predicted molar refractivity (Wildman–Crippen MR) is 107 cm³/mol. The molecular weight excluding hydrogens is 350 g/mol. The molecule has 2 aromatic rings. The molecule has 5 heteroatoms. The van der Waals surface area contributed by atoms with Crippen LogP contribution in [-0.4, -0.2) is 43.4 Å². The number of aliphatic hydroxyl groups is 1. The average Bonchev–Trinajstić information content (AvgIpc) is 3.43. The highest BCUT2D eigenvalue weighted by atomic mass is 16.3. The largest absolute Gasteiger partial charge is 0.390 e. The Kier molecular flexibility index (Phi) is 3.40. The zero-order chi connectivity index (χ0) is 19.2. The molecule has 1 N–H and O–H groups in total. The van der Waals surface area contributed by atoms with Gasteiger partial charge in [0, 0.05) is 24.5 Å². The molecule has 5 fully saturated rings. The molecule has 7 rings (SSSR count). The molecule has 3 heterocycles. The van der Waals surface area contributed by atoms with Crippen molar-refractivity contribution < 1.29 is 9.90 Å². The molecule has 1 aromatic carbocycles. The zero-order valence-electron chi connectivity index (χ0n) is 16.8. The van der Waals surface area contributed by atoms with Crippen LogP contribution in [0.3, 0.4) is 0 Å². The molecule has 3 atom stereocenters. The van der Waals surface area contributed by atoms with E-state index in [1.165, 1.54) is 23.8 Å². The maximum Gasteiger partial charge on any atom is 0.232 e. The lowest BCUT2D eigenvalue weighted by molar-refractivity contribution is -0.175. The molecule has 0 radical (unpaired) electrons. The molecule has 5 aliphatic rings. The molecule has 1 aromatic heterocycles. The normalized spacial score (nSPS) is 35.0. The zero-order valence-corrected chi connectivity index (χ0v) is 16.8. The summed E-state index contributed by atoms with van der Waals surface area (Å²) in [5.74, 6) is 1.20. The van der Waals surface area contributed by atoms with E-state index in [0.717, 1.165) is 43.3 Å². The van der Waals surface area contributed by atoms with Gasteiger partial charge in [-0.05, 0) is 75.3 Å². The van der Waals surface area contributed by atoms with Gasteiger partial charge in [0.05, 0.1) is 22.7 Å². The summed E-state index contributed by atoms with van der Waals surface area (Å²) < 4.78 is 1.94. The molecule has 2 aliphatic heterocycles. The van der Waals surface area contributed by atoms with E-state index >= 15 is 0 Å². The highest BCUT2D eigenvalue weighted by molar-refractivity contribution is 5.93. The summed E-state index contributed by atoms with van der Waals surface area (Å²) in [5.41, 5.74) is 2.92. The second-order valence-electron chi connectivity index (χ2n) is 9.97. The van der Waals surface area contributed by atoms with Crippen LogP contribution >= 0.6 is 0 Å². The summed E-state index contributed by atoms with van der Waals surface area (Å²) in [6, 6.07) is 6.89. The number of aromatic nitrogens is 2. The number of carbonyl (C=O) groups is 1. The van der Waals surface area contributed by atoms with Gasteiger partial charge in [0.25, 0.3) is 0 Å². The number of piperidine rings is 2. The average molecular weight is 380 g/mol. The van der Waals surface area contributed by atoms with Crippen molar-refractivity contribution in [3.63, 3.8) is 0 Å². The summed E-state index contributed by atoms with van der Waals surface area (Å²) in [4.78, 5) is 15.8. The number of aryl methyl sites for hydroxylation is 1. The van der Waals surface area contributed by atoms with E-state index in [1.807, 2.05) is 18.7 Å². The van der Waals surface area contributed by atoms with Gasteiger partial charge in [0.15, 0.2) is 0 Å². The fourth-order valence-electron chi connectivity index (χ4n) is 6.70. The Morgan fingerprint density at radius 3 is 2.57 bits per heavy atom. The number of benzene rings is 1. The second kappa shape index (κ2) is 5.59. The summed E-state index contributed by atoms with van der Waals surface area (Å²) in [6.45, 7) is 2.04. The van der Waals surface area contributed by atoms with Crippen molar-refractivity contribution in [2.75, 3.05) is 0 Å². The maximum atomic E-state index is 13.7. The number of rotatable bonds is 3. The third-order valence-corrected chi connectivity index (χ3v) is 7.89. The van der Waals surface area contributed by atoms with Crippen LogP contribution in [0.4, 0.5) is 0 Å². The molecule has 5 nitrogen and oxygen atoms in total. The molecule has 3 saturated carbocycles. The van der Waals surface area contributed by atoms with Gasteiger partial charge in [0.1, 0.15) is 0 Å². The number of nitrogens with zero attached hydrogens (tertiary/aromatic N) is 3. The van der Waals surface area contributed by atoms with Gasteiger partial charge in [-0.15, -0.1) is 0 Å². The summed E-state index contributed by atoms with van der Waals surface area (Å²) in [7, 11) is 1.98. The lowest BCUT2D eigenvalue weighted by Crippen LogP contribution is -2.66. The van der Waals surface area contributed by atoms with Gasteiger partial charge in [-0.3, -0.25) is 9.48 Å². The lowest BCUT2D eigenvalue weighted by Gasteiger charge is -2.60. The van der Waals surface area contributed by atoms with Crippen LogP contribution in [0, 0.1) is 5.92 Å². The maximum absolute atomic E-state index is 13.7. The second-order valence-corrected chi connectivity index (χ2v) is 9.97. The standard InChI is InChI=1S/C23H29N3O2/c1-13(21-20-18(15-6-7-15)4-3-5-19(20)25(2)24-21)22(27)26-16-8-14-9-17(26)12-23(28,10-14)11-16/h3-5,13-17,28H,6-12H2,1-2H3. The fraction of sp³-hybridized carbons (Fsp3) is 0.652. The molecule has 3 aliphatic carbocycles. The Hall–Kier alpha value is -1.88. The Morgan fingerprint density at radius 1 is 1.21 bits per heavy atom. The molecule has 3 unspecified atom stereocenters. The molecule has 28 heavy (non-hydrogen) atoms. The van der Waals surface area contributed by atoms with Crippen LogP contribution < -0.4 is 0 Å². The number of fused-ring (bicyclic) bond motifs is 1. The third kappa shape index (κ3) is 2.35. The molecular formula is C23H29N3O2. The molecule has 1 amide bonds. The van der Waals surface area contributed by atoms with E-state index in [1.54, 1.807) is 0 Å². The van der Waals surface area contributed by atoms with Gasteiger partial charge >= 0.3 is 0 Å². The first-order valence-corrected chi connectivity index (χ1v) is 10.9. The highest BCUT2D eigenvalue weighted by Gasteiger charge is 2.55. The third-order valence-electron chi connectivity index (χ3n) is 7.89. The summed E-state index contributed by atoms with van der Waals surface area (Å²) in [5, 5.41) is 16.9. The van der Waals surface area contributed by atoms with Gasteiger partial charge < -0.3 is 10.0 Å². The van der Waals surface area contributed by atoms with Crippen LogP contribution in [0.15, 0.2) is 18.2 Å². The number of carbonyl (C=O) groups excluding carboxylic acids is 1. The van der Waals surface area contributed by atoms with Crippen LogP contribution in [-0.2, 0) is 11.8 Å². The van der Waals surface area contributed by atoms with Gasteiger partial charge in [-0.1, -0.05) is 12.1 Å². The summed E-state index contributed by atoms with van der Waals surface area (Å²) in [6.07, 6.45) is 7.07. The van der Waals surface area contributed by atoms with E-state index in [-0.39, 0.29) is 23.9 Å². The Bertz CT molecular complexity index is 960. The highest BCUT2D eigenvalue weighted by Crippen LogP contribution is 2.52. The lowest BCUT2D eigenvalue weighted by atomic mass is 9.61. The van der Waals surface area contributed by atoms with Crippen LogP contribution in [0.25, 0.3) is 10.9 Å². The first-order valence-electron chi connectivity index (χ1n) is 10.9. The minimum atomic E-state index is -0.520. The quantitative estimate of drug-likeness (QED) is 0.888.